The van der Waals surface area contributed by atoms with E-state index in [1.165, 1.54) is 22.9 Å². The van der Waals surface area contributed by atoms with Crippen LogP contribution in [-0.2, 0) is 25.7 Å². The average molecular weight is 599 g/mol. The van der Waals surface area contributed by atoms with Gasteiger partial charge in [-0.25, -0.2) is 13.6 Å². The zero-order chi connectivity index (χ0) is 31.5. The summed E-state index contributed by atoms with van der Waals surface area (Å²) in [5.74, 6) is -3.85. The summed E-state index contributed by atoms with van der Waals surface area (Å²) in [5, 5.41) is 5.23. The van der Waals surface area contributed by atoms with Crippen molar-refractivity contribution >= 4 is 29.5 Å². The molecule has 2 N–H and O–H groups in total. The number of hydrogen-bond acceptors (Lipinski definition) is 5. The summed E-state index contributed by atoms with van der Waals surface area (Å²) in [6.07, 6.45) is 3.50. The molecule has 0 unspecified atom stereocenters. The Labute approximate surface area is 250 Å². The minimum Gasteiger partial charge on any atom is -0.444 e. The molecule has 2 aliphatic rings. The maximum absolute atomic E-state index is 14.4. The summed E-state index contributed by atoms with van der Waals surface area (Å²) in [7, 11) is 1.45. The zero-order valence-electron chi connectivity index (χ0n) is 25.3. The SMILES string of the molecule is C[C@@H](C(=O)N[C@H](C(=O)N1Cc2ccccc2[C@H]1C(=O)Nc1c(F)cccc1F)C1CCCCC1)N(C)C(=O)OC(C)(C)C. The predicted octanol–water partition coefficient (Wildman–Crippen LogP) is 5.31. The van der Waals surface area contributed by atoms with Gasteiger partial charge in [-0.05, 0) is 69.7 Å². The van der Waals surface area contributed by atoms with E-state index >= 15 is 0 Å². The van der Waals surface area contributed by atoms with Crippen LogP contribution in [0.1, 0.15) is 77.0 Å². The van der Waals surface area contributed by atoms with Crippen molar-refractivity contribution in [2.45, 2.75) is 90.1 Å². The van der Waals surface area contributed by atoms with Crippen molar-refractivity contribution in [1.82, 2.24) is 15.1 Å². The first-order valence-corrected chi connectivity index (χ1v) is 14.7. The Balaban J connectivity index is 1.61. The highest BCUT2D eigenvalue weighted by atomic mass is 19.1. The third-order valence-corrected chi connectivity index (χ3v) is 8.07. The molecular formula is C32H40F2N4O5. The molecule has 43 heavy (non-hydrogen) atoms. The number of para-hydroxylation sites is 1. The van der Waals surface area contributed by atoms with Crippen LogP contribution in [0.3, 0.4) is 0 Å². The molecule has 0 bridgehead atoms. The fourth-order valence-corrected chi connectivity index (χ4v) is 5.65. The third kappa shape index (κ3) is 7.32. The second-order valence-electron chi connectivity index (χ2n) is 12.3. The molecule has 1 aliphatic carbocycles. The third-order valence-electron chi connectivity index (χ3n) is 8.07. The molecule has 232 valence electrons. The topological polar surface area (TPSA) is 108 Å². The number of halogens is 2. The number of ether oxygens (including phenoxy) is 1. The van der Waals surface area contributed by atoms with Crippen LogP contribution in [0.2, 0.25) is 0 Å². The summed E-state index contributed by atoms with van der Waals surface area (Å²) in [4.78, 5) is 56.6. The number of likely N-dealkylation sites (N-methyl/N-ethyl adjacent to an activating group) is 1. The lowest BCUT2D eigenvalue weighted by Gasteiger charge is -2.36. The molecule has 1 heterocycles. The van der Waals surface area contributed by atoms with Crippen LogP contribution in [0, 0.1) is 17.6 Å². The van der Waals surface area contributed by atoms with Crippen LogP contribution in [-0.4, -0.2) is 58.3 Å². The highest BCUT2D eigenvalue weighted by Gasteiger charge is 2.44. The maximum Gasteiger partial charge on any atom is 0.410 e. The number of nitrogens with zero attached hydrogens (tertiary/aromatic N) is 2. The monoisotopic (exact) mass is 598 g/mol. The fraction of sp³-hybridized carbons (Fsp3) is 0.500. The zero-order valence-corrected chi connectivity index (χ0v) is 25.3. The van der Waals surface area contributed by atoms with Crippen LogP contribution >= 0.6 is 0 Å². The van der Waals surface area contributed by atoms with Gasteiger partial charge in [0.05, 0.1) is 0 Å². The van der Waals surface area contributed by atoms with E-state index in [0.29, 0.717) is 18.4 Å². The summed E-state index contributed by atoms with van der Waals surface area (Å²) in [5.41, 5.74) is -0.0948. The first-order valence-electron chi connectivity index (χ1n) is 14.7. The van der Waals surface area contributed by atoms with E-state index < -0.39 is 64.9 Å². The van der Waals surface area contributed by atoms with Gasteiger partial charge in [0, 0.05) is 13.6 Å². The second kappa shape index (κ2) is 13.1. The number of rotatable bonds is 7. The Kier molecular flexibility index (Phi) is 9.72. The van der Waals surface area contributed by atoms with Gasteiger partial charge in [-0.3, -0.25) is 19.3 Å². The molecule has 0 saturated heterocycles. The van der Waals surface area contributed by atoms with E-state index in [-0.39, 0.29) is 12.5 Å². The van der Waals surface area contributed by atoms with Crippen LogP contribution < -0.4 is 10.6 Å². The number of hydrogen-bond donors (Lipinski definition) is 2. The quantitative estimate of drug-likeness (QED) is 0.449. The van der Waals surface area contributed by atoms with Crippen molar-refractivity contribution in [2.24, 2.45) is 5.92 Å². The highest BCUT2D eigenvalue weighted by molar-refractivity contribution is 6.00. The number of nitrogens with one attached hydrogen (secondary N) is 2. The van der Waals surface area contributed by atoms with E-state index in [2.05, 4.69) is 10.6 Å². The largest absolute Gasteiger partial charge is 0.444 e. The summed E-state index contributed by atoms with van der Waals surface area (Å²) < 4.78 is 34.3. The van der Waals surface area contributed by atoms with Gasteiger partial charge >= 0.3 is 6.09 Å². The molecule has 0 radical (unpaired) electrons. The number of amides is 4. The molecule has 2 aromatic rings. The van der Waals surface area contributed by atoms with Crippen molar-refractivity contribution in [3.8, 4) is 0 Å². The van der Waals surface area contributed by atoms with Crippen LogP contribution in [0.4, 0.5) is 19.3 Å². The fourth-order valence-electron chi connectivity index (χ4n) is 5.65. The van der Waals surface area contributed by atoms with Crippen molar-refractivity contribution in [1.29, 1.82) is 0 Å². The molecular weight excluding hydrogens is 558 g/mol. The molecule has 2 aromatic carbocycles. The van der Waals surface area contributed by atoms with E-state index in [9.17, 15) is 28.0 Å². The lowest BCUT2D eigenvalue weighted by molar-refractivity contribution is -0.144. The number of benzene rings is 2. The summed E-state index contributed by atoms with van der Waals surface area (Å²) in [6.45, 7) is 6.80. The van der Waals surface area contributed by atoms with Crippen molar-refractivity contribution in [3.05, 3.63) is 65.2 Å². The molecule has 9 nitrogen and oxygen atoms in total. The van der Waals surface area contributed by atoms with Gasteiger partial charge in [0.2, 0.25) is 11.8 Å². The second-order valence-corrected chi connectivity index (χ2v) is 12.3. The van der Waals surface area contributed by atoms with Gasteiger partial charge in [-0.2, -0.15) is 0 Å². The number of fused-ring (bicyclic) bond motifs is 1. The molecule has 3 atom stereocenters. The maximum atomic E-state index is 14.4. The molecule has 1 fully saturated rings. The van der Waals surface area contributed by atoms with Gasteiger partial charge in [0.15, 0.2) is 0 Å². The first kappa shape index (κ1) is 31.9. The number of anilines is 1. The normalized spacial score (nSPS) is 18.3. The standard InChI is InChI=1S/C32H40F2N4O5/c1-19(37(5)31(42)43-32(2,3)4)28(39)35-25(20-12-7-6-8-13-20)30(41)38-18-21-14-9-10-15-22(21)27(38)29(40)36-26-23(33)16-11-17-24(26)34/h9-11,14-17,19-20,25,27H,6-8,12-13,18H2,1-5H3,(H,35,39)(H,36,40)/t19-,25-,27-/m0/s1. The highest BCUT2D eigenvalue weighted by Crippen LogP contribution is 2.37. The Morgan fingerprint density at radius 3 is 2.23 bits per heavy atom. The van der Waals surface area contributed by atoms with Gasteiger partial charge in [0.1, 0.15) is 41.0 Å². The van der Waals surface area contributed by atoms with E-state index in [1.54, 1.807) is 52.0 Å². The molecule has 1 aliphatic heterocycles. The molecule has 1 saturated carbocycles. The average Bonchev–Trinajstić information content (AvgIpc) is 3.36. The molecule has 4 amide bonds. The van der Waals surface area contributed by atoms with Crippen LogP contribution in [0.15, 0.2) is 42.5 Å². The van der Waals surface area contributed by atoms with Crippen LogP contribution in [0.5, 0.6) is 0 Å². The molecule has 11 heteroatoms. The van der Waals surface area contributed by atoms with Gasteiger partial charge in [0.25, 0.3) is 5.91 Å². The van der Waals surface area contributed by atoms with Crippen LogP contribution in [0.25, 0.3) is 0 Å². The molecule has 0 spiro atoms. The van der Waals surface area contributed by atoms with E-state index in [1.807, 2.05) is 0 Å². The minimum absolute atomic E-state index is 0.0826. The van der Waals surface area contributed by atoms with Crippen molar-refractivity contribution in [3.63, 3.8) is 0 Å². The van der Waals surface area contributed by atoms with Gasteiger partial charge in [-0.15, -0.1) is 0 Å². The predicted molar refractivity (Wildman–Crippen MR) is 157 cm³/mol. The number of carbonyl (C=O) groups is 4. The Hall–Kier alpha value is -4.02. The van der Waals surface area contributed by atoms with Gasteiger partial charge < -0.3 is 20.3 Å². The molecule has 4 rings (SSSR count). The summed E-state index contributed by atoms with van der Waals surface area (Å²) >= 11 is 0. The Morgan fingerprint density at radius 1 is 0.977 bits per heavy atom. The van der Waals surface area contributed by atoms with Gasteiger partial charge in [-0.1, -0.05) is 49.6 Å². The van der Waals surface area contributed by atoms with Crippen molar-refractivity contribution < 1.29 is 32.7 Å². The Morgan fingerprint density at radius 2 is 1.60 bits per heavy atom. The number of carbonyl (C=O) groups excluding carboxylic acids is 4. The lowest BCUT2D eigenvalue weighted by Crippen LogP contribution is -2.57. The summed E-state index contributed by atoms with van der Waals surface area (Å²) in [6, 6.07) is 7.17. The molecule has 0 aromatic heterocycles. The Bertz CT molecular complexity index is 1350. The van der Waals surface area contributed by atoms with Crippen molar-refractivity contribution in [2.75, 3.05) is 12.4 Å². The smallest absolute Gasteiger partial charge is 0.410 e. The lowest BCUT2D eigenvalue weighted by atomic mass is 9.83. The minimum atomic E-state index is -1.17. The first-order chi connectivity index (χ1) is 20.3. The van der Waals surface area contributed by atoms with E-state index in [4.69, 9.17) is 4.74 Å². The van der Waals surface area contributed by atoms with E-state index in [0.717, 1.165) is 37.0 Å².